The van der Waals surface area contributed by atoms with E-state index in [1.54, 1.807) is 6.07 Å². The van der Waals surface area contributed by atoms with Gasteiger partial charge < -0.3 is 15.5 Å². The minimum absolute atomic E-state index is 0.227. The number of aliphatic hydroxyl groups is 1. The Bertz CT molecular complexity index is 331. The summed E-state index contributed by atoms with van der Waals surface area (Å²) in [7, 11) is 0. The summed E-state index contributed by atoms with van der Waals surface area (Å²) in [6.45, 7) is 3.79. The van der Waals surface area contributed by atoms with E-state index >= 15 is 0 Å². The average molecular weight is 288 g/mol. The predicted octanol–water partition coefficient (Wildman–Crippen LogP) is 2.26. The average Bonchev–Trinajstić information content (AvgIpc) is 2.23. The summed E-state index contributed by atoms with van der Waals surface area (Å²) < 4.78 is 0.963. The Balaban J connectivity index is 2.39. The van der Waals surface area contributed by atoms with Gasteiger partial charge in [-0.25, -0.2) is 0 Å². The highest BCUT2D eigenvalue weighted by Gasteiger charge is 2.03. The molecular formula is C12H18BrNO2. The van der Waals surface area contributed by atoms with E-state index in [1.807, 2.05) is 12.1 Å². The van der Waals surface area contributed by atoms with Gasteiger partial charge in [-0.3, -0.25) is 0 Å². The number of aromatic hydroxyl groups is 1. The Kier molecular flexibility index (Phi) is 5.80. The molecule has 0 spiro atoms. The molecule has 1 aromatic carbocycles. The molecule has 0 aromatic heterocycles. The number of hydrogen-bond acceptors (Lipinski definition) is 3. The second-order valence-corrected chi connectivity index (χ2v) is 4.94. The number of phenols is 1. The lowest BCUT2D eigenvalue weighted by Crippen LogP contribution is -2.21. The van der Waals surface area contributed by atoms with Crippen molar-refractivity contribution in [3.63, 3.8) is 0 Å². The summed E-state index contributed by atoms with van der Waals surface area (Å²) in [4.78, 5) is 0. The molecule has 1 rings (SSSR count). The van der Waals surface area contributed by atoms with Gasteiger partial charge in [-0.05, 0) is 37.1 Å². The molecule has 0 aliphatic carbocycles. The maximum atomic E-state index is 9.60. The first-order valence-corrected chi connectivity index (χ1v) is 6.21. The molecule has 90 valence electrons. The van der Waals surface area contributed by atoms with Gasteiger partial charge in [-0.1, -0.05) is 22.9 Å². The molecule has 1 atom stereocenters. The molecule has 0 amide bonds. The number of phenolic OH excluding ortho intramolecular Hbond substituents is 1. The largest absolute Gasteiger partial charge is 0.508 e. The Labute approximate surface area is 105 Å². The lowest BCUT2D eigenvalue weighted by molar-refractivity contribution is 0.260. The van der Waals surface area contributed by atoms with Gasteiger partial charge in [-0.15, -0.1) is 0 Å². The summed E-state index contributed by atoms with van der Waals surface area (Å²) in [5.74, 6) is 0.754. The van der Waals surface area contributed by atoms with Crippen molar-refractivity contribution in [2.75, 3.05) is 13.2 Å². The Morgan fingerprint density at radius 1 is 1.44 bits per heavy atom. The van der Waals surface area contributed by atoms with Crippen LogP contribution in [0.4, 0.5) is 0 Å². The Morgan fingerprint density at radius 2 is 2.19 bits per heavy atom. The normalized spacial score (nSPS) is 12.7. The summed E-state index contributed by atoms with van der Waals surface area (Å²) >= 11 is 3.37. The quantitative estimate of drug-likeness (QED) is 0.752. The number of hydrogen-bond donors (Lipinski definition) is 3. The third-order valence-electron chi connectivity index (χ3n) is 2.47. The van der Waals surface area contributed by atoms with Crippen molar-refractivity contribution in [3.05, 3.63) is 28.2 Å². The van der Waals surface area contributed by atoms with E-state index in [-0.39, 0.29) is 6.61 Å². The maximum absolute atomic E-state index is 9.60. The van der Waals surface area contributed by atoms with Gasteiger partial charge in [0.25, 0.3) is 0 Å². The van der Waals surface area contributed by atoms with E-state index in [4.69, 9.17) is 5.11 Å². The third kappa shape index (κ3) is 4.51. The van der Waals surface area contributed by atoms with Crippen LogP contribution in [0.15, 0.2) is 22.7 Å². The van der Waals surface area contributed by atoms with Crippen LogP contribution in [0.1, 0.15) is 18.9 Å². The predicted molar refractivity (Wildman–Crippen MR) is 68.4 cm³/mol. The van der Waals surface area contributed by atoms with E-state index in [9.17, 15) is 5.11 Å². The van der Waals surface area contributed by atoms with Crippen molar-refractivity contribution in [2.24, 2.45) is 5.92 Å². The van der Waals surface area contributed by atoms with Crippen molar-refractivity contribution >= 4 is 15.9 Å². The number of halogens is 1. The van der Waals surface area contributed by atoms with Crippen molar-refractivity contribution in [1.29, 1.82) is 0 Å². The molecule has 0 aliphatic heterocycles. The molecule has 0 aliphatic rings. The van der Waals surface area contributed by atoms with Crippen molar-refractivity contribution < 1.29 is 10.2 Å². The van der Waals surface area contributed by atoms with Crippen LogP contribution in [0.3, 0.4) is 0 Å². The maximum Gasteiger partial charge on any atom is 0.120 e. The van der Waals surface area contributed by atoms with Crippen LogP contribution in [0.5, 0.6) is 5.75 Å². The highest BCUT2D eigenvalue weighted by molar-refractivity contribution is 9.10. The molecule has 0 heterocycles. The molecule has 0 radical (unpaired) electrons. The third-order valence-corrected chi connectivity index (χ3v) is 2.96. The zero-order valence-electron chi connectivity index (χ0n) is 9.41. The highest BCUT2D eigenvalue weighted by Crippen LogP contribution is 2.21. The molecular weight excluding hydrogens is 270 g/mol. The number of benzene rings is 1. The second kappa shape index (κ2) is 6.89. The van der Waals surface area contributed by atoms with Crippen molar-refractivity contribution in [2.45, 2.75) is 19.9 Å². The first-order valence-electron chi connectivity index (χ1n) is 5.42. The first kappa shape index (κ1) is 13.5. The summed E-state index contributed by atoms with van der Waals surface area (Å²) in [5, 5.41) is 21.6. The molecule has 4 heteroatoms. The molecule has 3 N–H and O–H groups in total. The van der Waals surface area contributed by atoms with Crippen LogP contribution in [-0.4, -0.2) is 23.4 Å². The molecule has 3 nitrogen and oxygen atoms in total. The topological polar surface area (TPSA) is 52.5 Å². The van der Waals surface area contributed by atoms with Crippen LogP contribution in [-0.2, 0) is 6.54 Å². The van der Waals surface area contributed by atoms with Crippen LogP contribution in [0, 0.1) is 5.92 Å². The summed E-state index contributed by atoms with van der Waals surface area (Å²) in [6.07, 6.45) is 0.803. The fourth-order valence-corrected chi connectivity index (χ4v) is 1.88. The number of nitrogens with one attached hydrogen (secondary N) is 1. The molecule has 0 fully saturated rings. The fourth-order valence-electron chi connectivity index (χ4n) is 1.47. The smallest absolute Gasteiger partial charge is 0.120 e. The van der Waals surface area contributed by atoms with E-state index < -0.39 is 0 Å². The van der Waals surface area contributed by atoms with Gasteiger partial charge in [0.2, 0.25) is 0 Å². The minimum Gasteiger partial charge on any atom is -0.508 e. The molecule has 0 saturated carbocycles. The molecule has 16 heavy (non-hydrogen) atoms. The van der Waals surface area contributed by atoms with Crippen LogP contribution >= 0.6 is 15.9 Å². The number of aliphatic hydroxyl groups excluding tert-OH is 1. The zero-order valence-corrected chi connectivity index (χ0v) is 11.0. The monoisotopic (exact) mass is 287 g/mol. The minimum atomic E-state index is 0.227. The van der Waals surface area contributed by atoms with E-state index in [1.165, 1.54) is 0 Å². The first-order chi connectivity index (χ1) is 7.63. The fraction of sp³-hybridized carbons (Fsp3) is 0.500. The van der Waals surface area contributed by atoms with Crippen LogP contribution < -0.4 is 5.32 Å². The molecule has 1 unspecified atom stereocenters. The van der Waals surface area contributed by atoms with Crippen LogP contribution in [0.25, 0.3) is 0 Å². The Hall–Kier alpha value is -0.580. The Morgan fingerprint density at radius 3 is 2.88 bits per heavy atom. The van der Waals surface area contributed by atoms with Crippen LogP contribution in [0.2, 0.25) is 0 Å². The van der Waals surface area contributed by atoms with Gasteiger partial charge >= 0.3 is 0 Å². The SMILES string of the molecule is CC(CCO)CNCc1cc(Br)ccc1O. The van der Waals surface area contributed by atoms with Gasteiger partial charge in [0, 0.05) is 23.2 Å². The van der Waals surface area contributed by atoms with Gasteiger partial charge in [0.1, 0.15) is 5.75 Å². The highest BCUT2D eigenvalue weighted by atomic mass is 79.9. The zero-order chi connectivity index (χ0) is 12.0. The number of rotatable bonds is 6. The van der Waals surface area contributed by atoms with E-state index in [0.29, 0.717) is 18.2 Å². The summed E-state index contributed by atoms with van der Waals surface area (Å²) in [6, 6.07) is 5.39. The lowest BCUT2D eigenvalue weighted by Gasteiger charge is -2.12. The van der Waals surface area contributed by atoms with E-state index in [0.717, 1.165) is 23.0 Å². The lowest BCUT2D eigenvalue weighted by atomic mass is 10.1. The molecule has 1 aromatic rings. The second-order valence-electron chi connectivity index (χ2n) is 4.02. The molecule has 0 saturated heterocycles. The standard InChI is InChI=1S/C12H18BrNO2/c1-9(4-5-15)7-14-8-10-6-11(13)2-3-12(10)16/h2-3,6,9,14-16H,4-5,7-8H2,1H3. The van der Waals surface area contributed by atoms with Crippen molar-refractivity contribution in [1.82, 2.24) is 5.32 Å². The van der Waals surface area contributed by atoms with Crippen molar-refractivity contribution in [3.8, 4) is 5.75 Å². The van der Waals surface area contributed by atoms with E-state index in [2.05, 4.69) is 28.2 Å². The van der Waals surface area contributed by atoms with Gasteiger partial charge in [0.15, 0.2) is 0 Å². The molecule has 0 bridgehead atoms. The van der Waals surface area contributed by atoms with Gasteiger partial charge in [0.05, 0.1) is 0 Å². The summed E-state index contributed by atoms with van der Waals surface area (Å²) in [5.41, 5.74) is 0.880. The van der Waals surface area contributed by atoms with Gasteiger partial charge in [-0.2, -0.15) is 0 Å².